The van der Waals surface area contributed by atoms with E-state index in [2.05, 4.69) is 48.5 Å². The summed E-state index contributed by atoms with van der Waals surface area (Å²) in [7, 11) is 0. The minimum Gasteiger partial charge on any atom is -0.412 e. The Labute approximate surface area is 101 Å². The number of hydrogen-bond acceptors (Lipinski definition) is 0. The molecule has 0 aromatic heterocycles. The lowest BCUT2D eigenvalue weighted by Gasteiger charge is -1.98. The Balaban J connectivity index is 0.000000845. The largest absolute Gasteiger partial charge is 0.412 e. The molecule has 0 aliphatic heterocycles. The summed E-state index contributed by atoms with van der Waals surface area (Å²) < 4.78 is 0. The molecule has 0 saturated heterocycles. The number of halogens is 1. The van der Waals surface area contributed by atoms with Gasteiger partial charge < -0.3 is 5.48 Å². The first-order chi connectivity index (χ1) is 5.97. The molecule has 0 amide bonds. The molecule has 14 heavy (non-hydrogen) atoms. The van der Waals surface area contributed by atoms with E-state index >= 15 is 0 Å². The van der Waals surface area contributed by atoms with Crippen molar-refractivity contribution in [3.05, 3.63) is 60.7 Å². The maximum Gasteiger partial charge on any atom is -0.0184 e. The Hall–Kier alpha value is -0.870. The van der Waals surface area contributed by atoms with E-state index < -0.39 is 0 Å². The van der Waals surface area contributed by atoms with Crippen molar-refractivity contribution in [2.75, 3.05) is 0 Å². The van der Waals surface area contributed by atoms with Crippen molar-refractivity contribution in [1.82, 2.24) is 0 Å². The minimum atomic E-state index is 0. The second-order valence-corrected chi connectivity index (χ2v) is 2.73. The van der Waals surface area contributed by atoms with Crippen LogP contribution in [0.15, 0.2) is 60.7 Å². The van der Waals surface area contributed by atoms with Crippen LogP contribution in [0.3, 0.4) is 0 Å². The molecule has 0 fully saturated rings. The molecule has 2 rings (SSSR count). The van der Waals surface area contributed by atoms with E-state index in [4.69, 9.17) is 0 Å². The summed E-state index contributed by atoms with van der Waals surface area (Å²) in [4.78, 5) is 0. The number of benzene rings is 2. The molecule has 2 N–H and O–H groups in total. The lowest BCUT2D eigenvalue weighted by Crippen LogP contribution is -1.73. The molecular formula is C12H13IO. The van der Waals surface area contributed by atoms with Gasteiger partial charge in [-0.2, -0.15) is 0 Å². The van der Waals surface area contributed by atoms with Gasteiger partial charge in [0.1, 0.15) is 0 Å². The summed E-state index contributed by atoms with van der Waals surface area (Å²) in [5.41, 5.74) is 2.55. The molecule has 1 nitrogen and oxygen atoms in total. The predicted octanol–water partition coefficient (Wildman–Crippen LogP) is 3.15. The van der Waals surface area contributed by atoms with E-state index in [1.807, 2.05) is 12.1 Å². The van der Waals surface area contributed by atoms with Crippen LogP contribution in [0.5, 0.6) is 0 Å². The third-order valence-electron chi connectivity index (χ3n) is 1.88. The first-order valence-electron chi connectivity index (χ1n) is 4.07. The van der Waals surface area contributed by atoms with Gasteiger partial charge in [0.15, 0.2) is 0 Å². The summed E-state index contributed by atoms with van der Waals surface area (Å²) in [6.07, 6.45) is 0. The SMILES string of the molecule is I.O.c1ccc(-c2ccccc2)cc1. The molecule has 0 unspecified atom stereocenters. The molecule has 0 heterocycles. The maximum atomic E-state index is 2.12. The fraction of sp³-hybridized carbons (Fsp3) is 0. The van der Waals surface area contributed by atoms with Crippen molar-refractivity contribution in [2.24, 2.45) is 0 Å². The summed E-state index contributed by atoms with van der Waals surface area (Å²) in [6.45, 7) is 0. The van der Waals surface area contributed by atoms with Gasteiger partial charge in [-0.05, 0) is 11.1 Å². The zero-order chi connectivity index (χ0) is 8.23. The zero-order valence-electron chi connectivity index (χ0n) is 7.68. The van der Waals surface area contributed by atoms with Crippen molar-refractivity contribution in [1.29, 1.82) is 0 Å². The molecule has 0 spiro atoms. The number of rotatable bonds is 1. The Kier molecular flexibility index (Phi) is 6.16. The zero-order valence-corrected chi connectivity index (χ0v) is 10.0. The Morgan fingerprint density at radius 3 is 1.07 bits per heavy atom. The number of hydrogen-bond donors (Lipinski definition) is 0. The monoisotopic (exact) mass is 300 g/mol. The summed E-state index contributed by atoms with van der Waals surface area (Å²) in [5, 5.41) is 0. The van der Waals surface area contributed by atoms with Crippen molar-refractivity contribution >= 4 is 24.0 Å². The van der Waals surface area contributed by atoms with Crippen LogP contribution in [-0.4, -0.2) is 5.48 Å². The molecule has 74 valence electrons. The maximum absolute atomic E-state index is 2.12. The smallest absolute Gasteiger partial charge is 0.0184 e. The average molecular weight is 300 g/mol. The normalized spacial score (nSPS) is 8.29. The van der Waals surface area contributed by atoms with Gasteiger partial charge in [0.2, 0.25) is 0 Å². The van der Waals surface area contributed by atoms with E-state index in [9.17, 15) is 0 Å². The van der Waals surface area contributed by atoms with E-state index in [-0.39, 0.29) is 29.5 Å². The van der Waals surface area contributed by atoms with E-state index in [0.717, 1.165) is 0 Å². The van der Waals surface area contributed by atoms with Crippen molar-refractivity contribution in [3.63, 3.8) is 0 Å². The quantitative estimate of drug-likeness (QED) is 0.725. The third kappa shape index (κ3) is 3.12. The van der Waals surface area contributed by atoms with Gasteiger partial charge in [-0.1, -0.05) is 60.7 Å². The van der Waals surface area contributed by atoms with Crippen LogP contribution in [0.4, 0.5) is 0 Å². The average Bonchev–Trinajstić information content (AvgIpc) is 2.21. The van der Waals surface area contributed by atoms with Gasteiger partial charge >= 0.3 is 0 Å². The third-order valence-corrected chi connectivity index (χ3v) is 1.88. The van der Waals surface area contributed by atoms with Gasteiger partial charge in [-0.15, -0.1) is 24.0 Å². The Morgan fingerprint density at radius 1 is 0.500 bits per heavy atom. The Morgan fingerprint density at radius 2 is 0.786 bits per heavy atom. The molecule has 0 bridgehead atoms. The lowest BCUT2D eigenvalue weighted by atomic mass is 10.1. The summed E-state index contributed by atoms with van der Waals surface area (Å²) >= 11 is 0. The van der Waals surface area contributed by atoms with Crippen LogP contribution in [0.25, 0.3) is 11.1 Å². The highest BCUT2D eigenvalue weighted by Gasteiger charge is 1.91. The van der Waals surface area contributed by atoms with Crippen molar-refractivity contribution in [3.8, 4) is 11.1 Å². The van der Waals surface area contributed by atoms with Gasteiger partial charge in [-0.3, -0.25) is 0 Å². The highest BCUT2D eigenvalue weighted by molar-refractivity contribution is 14.0. The molecule has 2 aromatic rings. The second-order valence-electron chi connectivity index (χ2n) is 2.73. The van der Waals surface area contributed by atoms with Gasteiger partial charge in [0.25, 0.3) is 0 Å². The summed E-state index contributed by atoms with van der Waals surface area (Å²) in [5.74, 6) is 0. The van der Waals surface area contributed by atoms with E-state index in [0.29, 0.717) is 0 Å². The molecule has 0 radical (unpaired) electrons. The van der Waals surface area contributed by atoms with Crippen LogP contribution >= 0.6 is 24.0 Å². The summed E-state index contributed by atoms with van der Waals surface area (Å²) in [6, 6.07) is 20.8. The van der Waals surface area contributed by atoms with Crippen molar-refractivity contribution < 1.29 is 5.48 Å². The molecule has 0 atom stereocenters. The first kappa shape index (κ1) is 13.1. The van der Waals surface area contributed by atoms with Crippen LogP contribution < -0.4 is 0 Å². The highest BCUT2D eigenvalue weighted by atomic mass is 127. The standard InChI is InChI=1S/C12H10.HI.H2O/c1-3-7-11(8-4-1)12-9-5-2-6-10-12;;/h1-10H;1H;1H2. The van der Waals surface area contributed by atoms with Crippen LogP contribution in [0.1, 0.15) is 0 Å². The van der Waals surface area contributed by atoms with E-state index in [1.165, 1.54) is 11.1 Å². The van der Waals surface area contributed by atoms with Crippen LogP contribution in [0.2, 0.25) is 0 Å². The fourth-order valence-corrected chi connectivity index (χ4v) is 1.26. The molecule has 2 aromatic carbocycles. The van der Waals surface area contributed by atoms with E-state index in [1.54, 1.807) is 0 Å². The Bertz CT molecular complexity index is 308. The van der Waals surface area contributed by atoms with Gasteiger partial charge in [-0.25, -0.2) is 0 Å². The predicted molar refractivity (Wildman–Crippen MR) is 70.9 cm³/mol. The topological polar surface area (TPSA) is 31.5 Å². The van der Waals surface area contributed by atoms with Gasteiger partial charge in [0, 0.05) is 0 Å². The molecule has 0 saturated carbocycles. The minimum absolute atomic E-state index is 0. The van der Waals surface area contributed by atoms with Crippen LogP contribution in [0, 0.1) is 0 Å². The molecule has 2 heteroatoms. The fourth-order valence-electron chi connectivity index (χ4n) is 1.26. The first-order valence-corrected chi connectivity index (χ1v) is 4.07. The van der Waals surface area contributed by atoms with Crippen LogP contribution in [-0.2, 0) is 0 Å². The molecular weight excluding hydrogens is 287 g/mol. The van der Waals surface area contributed by atoms with Gasteiger partial charge in [0.05, 0.1) is 0 Å². The van der Waals surface area contributed by atoms with Crippen molar-refractivity contribution in [2.45, 2.75) is 0 Å². The highest BCUT2D eigenvalue weighted by Crippen LogP contribution is 2.17. The molecule has 0 aliphatic rings. The molecule has 0 aliphatic carbocycles. The lowest BCUT2D eigenvalue weighted by molar-refractivity contribution is 0.824. The second kappa shape index (κ2) is 6.56.